The first kappa shape index (κ1) is 14.1. The van der Waals surface area contributed by atoms with E-state index in [2.05, 4.69) is 10.4 Å². The Balaban J connectivity index is 1.80. The van der Waals surface area contributed by atoms with Gasteiger partial charge in [-0.3, -0.25) is 14.3 Å². The lowest BCUT2D eigenvalue weighted by Gasteiger charge is -2.46. The largest absolute Gasteiger partial charge is 0.342 e. The zero-order valence-corrected chi connectivity index (χ0v) is 12.6. The summed E-state index contributed by atoms with van der Waals surface area (Å²) >= 11 is 0. The monoisotopic (exact) mass is 290 g/mol. The molecule has 1 saturated carbocycles. The van der Waals surface area contributed by atoms with E-state index >= 15 is 0 Å². The van der Waals surface area contributed by atoms with E-state index in [9.17, 15) is 9.59 Å². The molecule has 0 radical (unpaired) electrons. The predicted octanol–water partition coefficient (Wildman–Crippen LogP) is 0.789. The highest BCUT2D eigenvalue weighted by atomic mass is 16.2. The fraction of sp³-hybridized carbons (Fsp3) is 0.667. The van der Waals surface area contributed by atoms with Crippen molar-refractivity contribution >= 4 is 11.8 Å². The summed E-state index contributed by atoms with van der Waals surface area (Å²) in [5, 5.41) is 7.10. The molecule has 0 spiro atoms. The molecule has 2 amide bonds. The Morgan fingerprint density at radius 3 is 2.71 bits per heavy atom. The number of nitrogens with zero attached hydrogens (tertiary/aromatic N) is 3. The third kappa shape index (κ3) is 2.43. The number of amides is 2. The molecular formula is C15H22N4O2. The molecule has 6 heteroatoms. The molecule has 21 heavy (non-hydrogen) atoms. The highest BCUT2D eigenvalue weighted by Crippen LogP contribution is 2.37. The topological polar surface area (TPSA) is 67.2 Å². The van der Waals surface area contributed by atoms with Crippen LogP contribution in [0.3, 0.4) is 0 Å². The summed E-state index contributed by atoms with van der Waals surface area (Å²) in [5.41, 5.74) is -0.754. The predicted molar refractivity (Wildman–Crippen MR) is 77.3 cm³/mol. The maximum atomic E-state index is 12.8. The van der Waals surface area contributed by atoms with Gasteiger partial charge in [0.2, 0.25) is 11.8 Å². The average molecular weight is 290 g/mol. The van der Waals surface area contributed by atoms with Gasteiger partial charge >= 0.3 is 0 Å². The van der Waals surface area contributed by atoms with Gasteiger partial charge < -0.3 is 10.2 Å². The maximum Gasteiger partial charge on any atom is 0.246 e. The molecule has 0 aromatic carbocycles. The molecule has 1 saturated heterocycles. The first-order valence-electron chi connectivity index (χ1n) is 7.66. The zero-order chi connectivity index (χ0) is 15.0. The molecule has 2 unspecified atom stereocenters. The van der Waals surface area contributed by atoms with E-state index in [0.717, 1.165) is 12.8 Å². The van der Waals surface area contributed by atoms with Gasteiger partial charge in [0, 0.05) is 18.9 Å². The first-order valence-corrected chi connectivity index (χ1v) is 7.66. The summed E-state index contributed by atoms with van der Waals surface area (Å²) in [6.45, 7) is 4.93. The van der Waals surface area contributed by atoms with Gasteiger partial charge in [-0.1, -0.05) is 6.92 Å². The fourth-order valence-electron chi connectivity index (χ4n) is 2.98. The number of carbonyl (C=O) groups is 2. The summed E-state index contributed by atoms with van der Waals surface area (Å²) in [7, 11) is 0. The van der Waals surface area contributed by atoms with Crippen LogP contribution in [0.4, 0.5) is 0 Å². The SMILES string of the molecule is CCC1(C)C(=O)NC(C2CC2)C(=O)N1CCn1cccn1. The Bertz CT molecular complexity index is 538. The highest BCUT2D eigenvalue weighted by Gasteiger charge is 2.51. The molecular weight excluding hydrogens is 268 g/mol. The summed E-state index contributed by atoms with van der Waals surface area (Å²) < 4.78 is 1.79. The van der Waals surface area contributed by atoms with E-state index in [4.69, 9.17) is 0 Å². The molecule has 2 fully saturated rings. The van der Waals surface area contributed by atoms with Gasteiger partial charge in [-0.2, -0.15) is 5.10 Å². The van der Waals surface area contributed by atoms with Gasteiger partial charge in [0.05, 0.1) is 6.54 Å². The minimum absolute atomic E-state index is 0.0260. The normalized spacial score (nSPS) is 29.6. The van der Waals surface area contributed by atoms with E-state index in [1.165, 1.54) is 0 Å². The van der Waals surface area contributed by atoms with Crippen LogP contribution in [0.5, 0.6) is 0 Å². The van der Waals surface area contributed by atoms with Crippen molar-refractivity contribution in [2.75, 3.05) is 6.54 Å². The van der Waals surface area contributed by atoms with E-state index in [0.29, 0.717) is 25.4 Å². The molecule has 2 aliphatic rings. The quantitative estimate of drug-likeness (QED) is 0.872. The van der Waals surface area contributed by atoms with Crippen LogP contribution >= 0.6 is 0 Å². The van der Waals surface area contributed by atoms with Crippen LogP contribution in [0.25, 0.3) is 0 Å². The molecule has 1 N–H and O–H groups in total. The van der Waals surface area contributed by atoms with Crippen molar-refractivity contribution in [3.63, 3.8) is 0 Å². The third-order valence-corrected chi connectivity index (χ3v) is 4.80. The Morgan fingerprint density at radius 2 is 2.14 bits per heavy atom. The van der Waals surface area contributed by atoms with Gasteiger partial charge in [0.15, 0.2) is 0 Å². The van der Waals surface area contributed by atoms with Crippen molar-refractivity contribution in [3.8, 4) is 0 Å². The van der Waals surface area contributed by atoms with Crippen LogP contribution in [-0.2, 0) is 16.1 Å². The Morgan fingerprint density at radius 1 is 1.38 bits per heavy atom. The standard InChI is InChI=1S/C15H22N4O2/c1-3-15(2)14(21)17-12(11-5-6-11)13(20)19(15)10-9-18-8-4-7-16-18/h4,7-8,11-12H,3,5-6,9-10H2,1-2H3,(H,17,21). The van der Waals surface area contributed by atoms with Crippen molar-refractivity contribution in [1.82, 2.24) is 20.0 Å². The second-order valence-electron chi connectivity index (χ2n) is 6.17. The molecule has 6 nitrogen and oxygen atoms in total. The van der Waals surface area contributed by atoms with Crippen LogP contribution < -0.4 is 5.32 Å². The van der Waals surface area contributed by atoms with Crippen LogP contribution in [0.1, 0.15) is 33.1 Å². The Labute approximate surface area is 124 Å². The second kappa shape index (κ2) is 5.16. The van der Waals surface area contributed by atoms with Crippen molar-refractivity contribution in [2.24, 2.45) is 5.92 Å². The Kier molecular flexibility index (Phi) is 3.47. The van der Waals surface area contributed by atoms with Gasteiger partial charge in [-0.25, -0.2) is 0 Å². The smallest absolute Gasteiger partial charge is 0.246 e. The van der Waals surface area contributed by atoms with Crippen molar-refractivity contribution < 1.29 is 9.59 Å². The van der Waals surface area contributed by atoms with Crippen molar-refractivity contribution in [1.29, 1.82) is 0 Å². The number of nitrogens with one attached hydrogen (secondary N) is 1. The lowest BCUT2D eigenvalue weighted by atomic mass is 9.89. The number of hydrogen-bond acceptors (Lipinski definition) is 3. The summed E-state index contributed by atoms with van der Waals surface area (Å²) in [5.74, 6) is 0.366. The number of hydrogen-bond donors (Lipinski definition) is 1. The summed E-state index contributed by atoms with van der Waals surface area (Å²) in [4.78, 5) is 27.0. The van der Waals surface area contributed by atoms with Gasteiger partial charge in [0.1, 0.15) is 11.6 Å². The summed E-state index contributed by atoms with van der Waals surface area (Å²) in [6, 6.07) is 1.53. The van der Waals surface area contributed by atoms with E-state index in [-0.39, 0.29) is 17.9 Å². The molecule has 2 atom stereocenters. The molecule has 1 aromatic rings. The van der Waals surface area contributed by atoms with Gasteiger partial charge in [0.25, 0.3) is 0 Å². The molecule has 1 aliphatic carbocycles. The molecule has 2 heterocycles. The van der Waals surface area contributed by atoms with Crippen LogP contribution in [0.2, 0.25) is 0 Å². The minimum atomic E-state index is -0.754. The van der Waals surface area contributed by atoms with Crippen molar-refractivity contribution in [2.45, 2.75) is 51.2 Å². The minimum Gasteiger partial charge on any atom is -0.342 e. The first-order chi connectivity index (χ1) is 10.1. The molecule has 0 bridgehead atoms. The summed E-state index contributed by atoms with van der Waals surface area (Å²) in [6.07, 6.45) is 6.27. The molecule has 3 rings (SSSR count). The Hall–Kier alpha value is -1.85. The van der Waals surface area contributed by atoms with Crippen LogP contribution in [0.15, 0.2) is 18.5 Å². The second-order valence-corrected chi connectivity index (χ2v) is 6.17. The van der Waals surface area contributed by atoms with Crippen LogP contribution in [0, 0.1) is 5.92 Å². The van der Waals surface area contributed by atoms with Gasteiger partial charge in [-0.05, 0) is 38.2 Å². The lowest BCUT2D eigenvalue weighted by Crippen LogP contribution is -2.70. The fourth-order valence-corrected chi connectivity index (χ4v) is 2.98. The maximum absolute atomic E-state index is 12.8. The number of piperazine rings is 1. The number of aromatic nitrogens is 2. The van der Waals surface area contributed by atoms with E-state index in [1.54, 1.807) is 15.8 Å². The van der Waals surface area contributed by atoms with Crippen LogP contribution in [-0.4, -0.2) is 44.6 Å². The number of carbonyl (C=O) groups excluding carboxylic acids is 2. The zero-order valence-electron chi connectivity index (χ0n) is 12.6. The molecule has 1 aliphatic heterocycles. The lowest BCUT2D eigenvalue weighted by molar-refractivity contribution is -0.157. The van der Waals surface area contributed by atoms with Crippen molar-refractivity contribution in [3.05, 3.63) is 18.5 Å². The number of rotatable bonds is 5. The molecule has 1 aromatic heterocycles. The molecule has 114 valence electrons. The third-order valence-electron chi connectivity index (χ3n) is 4.80. The average Bonchev–Trinajstić information content (AvgIpc) is 3.19. The highest BCUT2D eigenvalue weighted by molar-refractivity contribution is 5.99. The van der Waals surface area contributed by atoms with E-state index in [1.807, 2.05) is 26.1 Å². The van der Waals surface area contributed by atoms with E-state index < -0.39 is 5.54 Å². The van der Waals surface area contributed by atoms with Gasteiger partial charge in [-0.15, -0.1) is 0 Å².